The Hall–Kier alpha value is -8.87. The summed E-state index contributed by atoms with van der Waals surface area (Å²) in [5, 5.41) is 22.4. The number of nitrogens with zero attached hydrogens (tertiary/aromatic N) is 4. The highest BCUT2D eigenvalue weighted by molar-refractivity contribution is 9.09. The summed E-state index contributed by atoms with van der Waals surface area (Å²) < 4.78 is 86.5. The minimum absolute atomic E-state index is 0.0448. The molecule has 4 heterocycles. The molecule has 11 aromatic rings. The maximum Gasteiger partial charge on any atom is 0.354 e. The van der Waals surface area contributed by atoms with Crippen LogP contribution in [0.15, 0.2) is 167 Å². The number of ketones is 1. The van der Waals surface area contributed by atoms with Crippen LogP contribution in [0.3, 0.4) is 0 Å². The summed E-state index contributed by atoms with van der Waals surface area (Å²) >= 11 is 45.1. The lowest BCUT2D eigenvalue weighted by Gasteiger charge is -2.17. The summed E-state index contributed by atoms with van der Waals surface area (Å²) in [7, 11) is 0. The van der Waals surface area contributed by atoms with E-state index in [4.69, 9.17) is 98.9 Å². The van der Waals surface area contributed by atoms with Gasteiger partial charge in [-0.05, 0) is 125 Å². The van der Waals surface area contributed by atoms with Crippen LogP contribution in [0.5, 0.6) is 11.5 Å². The molecule has 0 spiro atoms. The fourth-order valence-electron chi connectivity index (χ4n) is 8.94. The predicted molar refractivity (Wildman–Crippen MR) is 447 cm³/mol. The fraction of sp³-hybridized carbons (Fsp3) is 0.195. The number of rotatable bonds is 26. The van der Waals surface area contributed by atoms with Crippen molar-refractivity contribution in [2.45, 2.75) is 57.6 Å². The van der Waals surface area contributed by atoms with E-state index in [9.17, 15) is 56.2 Å². The molecule has 0 aliphatic rings. The van der Waals surface area contributed by atoms with Crippen molar-refractivity contribution in [3.63, 3.8) is 0 Å². The van der Waals surface area contributed by atoms with E-state index in [0.717, 1.165) is 74.3 Å². The van der Waals surface area contributed by atoms with Crippen molar-refractivity contribution in [3.05, 3.63) is 252 Å². The number of Topliss-reactive ketones (excluding diaryl/α,β-unsaturated/α-hetero) is 1. The van der Waals surface area contributed by atoms with Gasteiger partial charge in [0.25, 0.3) is 11.8 Å². The number of primary amides is 2. The average molecular weight is 1890 g/mol. The van der Waals surface area contributed by atoms with E-state index < -0.39 is 87.3 Å². The third kappa shape index (κ3) is 29.4. The Morgan fingerprint density at radius 1 is 0.474 bits per heavy atom. The second-order valence-corrected chi connectivity index (χ2v) is 30.0. The van der Waals surface area contributed by atoms with Crippen LogP contribution < -0.4 is 26.7 Å². The lowest BCUT2D eigenvalue weighted by atomic mass is 10.1. The van der Waals surface area contributed by atoms with Crippen LogP contribution in [0.4, 0.5) is 17.6 Å². The van der Waals surface area contributed by atoms with Gasteiger partial charge in [-0.1, -0.05) is 151 Å². The number of hydrogen-bond acceptors (Lipinski definition) is 23. The maximum atomic E-state index is 14.6. The van der Waals surface area contributed by atoms with Gasteiger partial charge in [-0.3, -0.25) is 28.8 Å². The van der Waals surface area contributed by atoms with Crippen molar-refractivity contribution in [3.8, 4) is 56.5 Å². The molecule has 11 rings (SSSR count). The Morgan fingerprint density at radius 2 is 0.833 bits per heavy atom. The van der Waals surface area contributed by atoms with E-state index in [2.05, 4.69) is 68.8 Å². The third-order valence-electron chi connectivity index (χ3n) is 14.2. The highest BCUT2D eigenvalue weighted by Crippen LogP contribution is 2.36. The molecule has 7 N–H and O–H groups in total. The summed E-state index contributed by atoms with van der Waals surface area (Å²) in [5.41, 5.74) is 20.3. The SMILES string of the molecule is CCOC(=O)C(Br)c1nc(-c2ccc(Cl)cc2)cs1.CCOC(=O)C(Oc1ccc(F)c(C(N)=O)c1F)c1nc(-c2ccc(Cl)cc2)cs1.CCOC(=O)CC(N)=S.CCOC(=O)Cc1nc(-c2ccc(Cl)cc2)cs1.NC(=O)c1c(F)ccc(OC(CO)c2nc(-c3ccc(Cl)cc3)cs2)c1F.O=C(CBr)c1ccc(Cl)cc1. The van der Waals surface area contributed by atoms with Gasteiger partial charge in [-0.15, -0.1) is 45.3 Å². The molecule has 0 fully saturated rings. The summed E-state index contributed by atoms with van der Waals surface area (Å²) in [6.07, 6.45) is -2.16. The van der Waals surface area contributed by atoms with E-state index in [0.29, 0.717) is 77.2 Å². The number of hydrogen-bond donors (Lipinski definition) is 4. The monoisotopic (exact) mass is 1880 g/mol. The van der Waals surface area contributed by atoms with Gasteiger partial charge in [0.15, 0.2) is 39.8 Å². The Labute approximate surface area is 714 Å². The zero-order chi connectivity index (χ0) is 83.7. The third-order valence-corrected chi connectivity index (χ3v) is 20.8. The second kappa shape index (κ2) is 47.9. The number of ether oxygens (including phenoxy) is 6. The molecule has 0 radical (unpaired) electrons. The topological polar surface area (TPSA) is 325 Å². The molecule has 2 amide bonds. The van der Waals surface area contributed by atoms with Crippen LogP contribution in [0, 0.1) is 23.3 Å². The number of thiocarbonyl (C=S) groups is 1. The molecule has 114 heavy (non-hydrogen) atoms. The summed E-state index contributed by atoms with van der Waals surface area (Å²) in [5.74, 6) is -9.94. The van der Waals surface area contributed by atoms with Gasteiger partial charge in [0, 0.05) is 74.5 Å². The first-order chi connectivity index (χ1) is 54.4. The highest BCUT2D eigenvalue weighted by atomic mass is 79.9. The van der Waals surface area contributed by atoms with Crippen molar-refractivity contribution in [1.82, 2.24) is 19.9 Å². The Bertz CT molecular complexity index is 5060. The second-order valence-electron chi connectivity index (χ2n) is 22.2. The number of carbonyl (C=O) groups is 7. The molecule has 3 unspecified atom stereocenters. The number of alkyl halides is 2. The van der Waals surface area contributed by atoms with Gasteiger partial charge in [0.2, 0.25) is 6.10 Å². The van der Waals surface area contributed by atoms with Crippen LogP contribution >= 0.6 is 147 Å². The van der Waals surface area contributed by atoms with Crippen LogP contribution in [0.25, 0.3) is 45.0 Å². The summed E-state index contributed by atoms with van der Waals surface area (Å²) in [6, 6.07) is 39.3. The van der Waals surface area contributed by atoms with E-state index in [1.54, 1.807) is 111 Å². The van der Waals surface area contributed by atoms with Crippen LogP contribution in [-0.2, 0) is 44.5 Å². The Kier molecular flexibility index (Phi) is 39.5. The molecular formula is C77H66Br2Cl5F4N7O14S5. The largest absolute Gasteiger partial charge is 0.478 e. The molecule has 0 aliphatic carbocycles. The fourth-order valence-corrected chi connectivity index (χ4v) is 13.8. The van der Waals surface area contributed by atoms with E-state index in [1.165, 1.54) is 34.0 Å². The molecule has 3 atom stereocenters. The van der Waals surface area contributed by atoms with Gasteiger partial charge < -0.3 is 50.7 Å². The molecule has 37 heteroatoms. The molecule has 0 saturated carbocycles. The zero-order valence-corrected chi connectivity index (χ0v) is 71.1. The molecule has 0 aliphatic heterocycles. The number of nitrogens with two attached hydrogens (primary N) is 3. The lowest BCUT2D eigenvalue weighted by molar-refractivity contribution is -0.152. The first-order valence-electron chi connectivity index (χ1n) is 33.2. The molecule has 4 aromatic heterocycles. The number of aliphatic hydroxyl groups excluding tert-OH is 1. The number of carbonyl (C=O) groups excluding carboxylic acids is 7. The minimum Gasteiger partial charge on any atom is -0.478 e. The van der Waals surface area contributed by atoms with Gasteiger partial charge in [-0.2, -0.15) is 0 Å². The van der Waals surface area contributed by atoms with Crippen LogP contribution in [0.1, 0.15) is 102 Å². The molecule has 600 valence electrons. The van der Waals surface area contributed by atoms with E-state index >= 15 is 0 Å². The van der Waals surface area contributed by atoms with Crippen molar-refractivity contribution in [1.29, 1.82) is 0 Å². The van der Waals surface area contributed by atoms with Crippen molar-refractivity contribution in [2.75, 3.05) is 38.4 Å². The minimum atomic E-state index is -1.43. The maximum absolute atomic E-state index is 14.6. The van der Waals surface area contributed by atoms with Crippen molar-refractivity contribution < 1.29 is 84.7 Å². The van der Waals surface area contributed by atoms with E-state index in [-0.39, 0.29) is 53.1 Å². The van der Waals surface area contributed by atoms with E-state index in [1.807, 2.05) is 59.3 Å². The predicted octanol–water partition coefficient (Wildman–Crippen LogP) is 19.7. The molecular weight excluding hydrogens is 1820 g/mol. The lowest BCUT2D eigenvalue weighted by Crippen LogP contribution is -2.23. The van der Waals surface area contributed by atoms with Crippen LogP contribution in [-0.4, -0.2) is 110 Å². The summed E-state index contributed by atoms with van der Waals surface area (Å²) in [6.45, 7) is 7.57. The van der Waals surface area contributed by atoms with Crippen LogP contribution in [0.2, 0.25) is 25.1 Å². The Morgan fingerprint density at radius 3 is 1.24 bits per heavy atom. The molecule has 0 saturated heterocycles. The standard InChI is InChI=1S/C20H15ClF2N2O4S.C18H13ClF2N2O3S.C13H11BrClNO2S.C13H12ClNO2S.C8H6BrClO.C5H9NO2S/c1-2-28-20(27)17(29-14-8-7-12(22)15(16(14)23)18(24)26)19-25-13(9-30-19)10-3-5-11(21)6-4-10;19-10-3-1-9(2-4-10)12-8-27-18(23-12)14(7-24)26-13-6-5-11(20)15(16(13)21)17(22)25;1-2-18-13(17)11(14)12-16-10(7-19-12)8-3-5-9(15)6-4-8;1-2-17-13(16)7-12-15-11(8-18-12)9-3-5-10(14)6-4-9;9-5-8(11)6-1-3-7(10)4-2-6;1-2-8-5(7)3-4(6)9/h3-9,17H,2H2,1H3,(H2,24,26);1-6,8,14,24H,7H2,(H2,22,25);3-7,11H,2H2,1H3;3-6,8H,2,7H2,1H3;1-4H,5H2;2-3H2,1H3,(H2,6,9). The van der Waals surface area contributed by atoms with Crippen molar-refractivity contribution >= 4 is 194 Å². The summed E-state index contributed by atoms with van der Waals surface area (Å²) in [4.78, 5) is 96.7. The van der Waals surface area contributed by atoms with Gasteiger partial charge in [0.05, 0.1) is 79.0 Å². The number of halogens is 11. The van der Waals surface area contributed by atoms with Crippen molar-refractivity contribution in [2.24, 2.45) is 17.2 Å². The van der Waals surface area contributed by atoms with Gasteiger partial charge in [0.1, 0.15) is 42.8 Å². The number of thiazole rings is 4. The Balaban J connectivity index is 0.000000222. The number of amides is 2. The number of aliphatic hydroxyl groups is 1. The zero-order valence-electron chi connectivity index (χ0n) is 60.0. The first kappa shape index (κ1) is 94.0. The number of aromatic nitrogens is 4. The van der Waals surface area contributed by atoms with Gasteiger partial charge in [-0.25, -0.2) is 42.3 Å². The molecule has 21 nitrogen and oxygen atoms in total. The quantitative estimate of drug-likeness (QED) is 0.00977. The smallest absolute Gasteiger partial charge is 0.354 e. The number of esters is 4. The average Bonchev–Trinajstić information content (AvgIpc) is 1.14. The normalized spacial score (nSPS) is 11.2. The number of benzene rings is 7. The first-order valence-corrected chi connectivity index (χ1v) is 41.0. The molecule has 0 bridgehead atoms. The highest BCUT2D eigenvalue weighted by Gasteiger charge is 2.31. The molecule has 7 aromatic carbocycles. The van der Waals surface area contributed by atoms with Gasteiger partial charge >= 0.3 is 23.9 Å².